The first-order valence-corrected chi connectivity index (χ1v) is 7.52. The zero-order valence-corrected chi connectivity index (χ0v) is 13.2. The molecule has 7 heteroatoms. The van der Waals surface area contributed by atoms with Crippen LogP contribution in [0.5, 0.6) is 5.75 Å². The van der Waals surface area contributed by atoms with E-state index in [9.17, 15) is 4.79 Å². The van der Waals surface area contributed by atoms with Crippen LogP contribution in [0.2, 0.25) is 5.02 Å². The summed E-state index contributed by atoms with van der Waals surface area (Å²) >= 11 is 6.02. The highest BCUT2D eigenvalue weighted by molar-refractivity contribution is 6.31. The number of likely N-dealkylation sites (tertiary alicyclic amines) is 1. The molecular formula is C15H17ClN4O2. The summed E-state index contributed by atoms with van der Waals surface area (Å²) in [5.74, 6) is 0.489. The van der Waals surface area contributed by atoms with Crippen LogP contribution >= 0.6 is 11.6 Å². The van der Waals surface area contributed by atoms with Crippen molar-refractivity contribution < 1.29 is 9.53 Å². The lowest BCUT2D eigenvalue weighted by molar-refractivity contribution is 0.0495. The quantitative estimate of drug-likeness (QED) is 0.868. The van der Waals surface area contributed by atoms with Crippen LogP contribution in [-0.4, -0.2) is 44.8 Å². The van der Waals surface area contributed by atoms with E-state index in [1.807, 2.05) is 13.8 Å². The van der Waals surface area contributed by atoms with Crippen molar-refractivity contribution in [2.24, 2.45) is 0 Å². The van der Waals surface area contributed by atoms with Crippen molar-refractivity contribution in [2.75, 3.05) is 13.1 Å². The van der Waals surface area contributed by atoms with E-state index in [0.29, 0.717) is 29.4 Å². The number of aromatic nitrogens is 3. The maximum absolute atomic E-state index is 12.6. The largest absolute Gasteiger partial charge is 0.490 e. The number of hydrogen-bond acceptors (Lipinski definition) is 4. The second-order valence-corrected chi connectivity index (χ2v) is 5.98. The van der Waals surface area contributed by atoms with Gasteiger partial charge in [0, 0.05) is 18.1 Å². The van der Waals surface area contributed by atoms with Gasteiger partial charge in [-0.1, -0.05) is 11.6 Å². The molecule has 2 aromatic rings. The first-order chi connectivity index (χ1) is 10.5. The van der Waals surface area contributed by atoms with Crippen LogP contribution in [0.1, 0.15) is 30.2 Å². The van der Waals surface area contributed by atoms with Gasteiger partial charge in [-0.2, -0.15) is 5.10 Å². The standard InChI is InChI=1S/C15H17ClN4O2/c1-10(2)22-14-4-3-11(16)5-13(14)15(21)19-6-12(7-19)20-9-17-8-18-20/h3-5,8-10,12H,6-7H2,1-2H3. The van der Waals surface area contributed by atoms with Gasteiger partial charge in [0.25, 0.3) is 5.91 Å². The third kappa shape index (κ3) is 2.92. The van der Waals surface area contributed by atoms with E-state index in [-0.39, 0.29) is 18.1 Å². The van der Waals surface area contributed by atoms with Crippen molar-refractivity contribution in [1.29, 1.82) is 0 Å². The molecule has 0 bridgehead atoms. The molecule has 1 aliphatic heterocycles. The highest BCUT2D eigenvalue weighted by Crippen LogP contribution is 2.29. The van der Waals surface area contributed by atoms with Crippen LogP contribution in [0.25, 0.3) is 0 Å². The highest BCUT2D eigenvalue weighted by Gasteiger charge is 2.34. The Kier molecular flexibility index (Phi) is 4.02. The molecule has 0 spiro atoms. The predicted molar refractivity (Wildman–Crippen MR) is 82.2 cm³/mol. The molecule has 0 N–H and O–H groups in total. The molecule has 0 saturated carbocycles. The summed E-state index contributed by atoms with van der Waals surface area (Å²) in [5.41, 5.74) is 0.498. The second kappa shape index (κ2) is 5.96. The topological polar surface area (TPSA) is 60.2 Å². The normalized spacial score (nSPS) is 15.0. The third-order valence-electron chi connectivity index (χ3n) is 3.49. The van der Waals surface area contributed by atoms with Gasteiger partial charge < -0.3 is 9.64 Å². The minimum atomic E-state index is -0.0745. The lowest BCUT2D eigenvalue weighted by atomic mass is 10.1. The molecule has 3 rings (SSSR count). The van der Waals surface area contributed by atoms with E-state index in [1.54, 1.807) is 34.1 Å². The van der Waals surface area contributed by atoms with Gasteiger partial charge in [0.15, 0.2) is 0 Å². The number of halogens is 1. The number of rotatable bonds is 4. The average Bonchev–Trinajstić information content (AvgIpc) is 2.92. The van der Waals surface area contributed by atoms with Gasteiger partial charge in [-0.05, 0) is 32.0 Å². The molecule has 6 nitrogen and oxygen atoms in total. The number of carbonyl (C=O) groups excluding carboxylic acids is 1. The molecule has 1 aliphatic rings. The highest BCUT2D eigenvalue weighted by atomic mass is 35.5. The van der Waals surface area contributed by atoms with Crippen molar-refractivity contribution in [3.63, 3.8) is 0 Å². The molecule has 2 heterocycles. The van der Waals surface area contributed by atoms with Crippen LogP contribution in [0, 0.1) is 0 Å². The molecular weight excluding hydrogens is 304 g/mol. The van der Waals surface area contributed by atoms with Gasteiger partial charge in [0.1, 0.15) is 18.4 Å². The first kappa shape index (κ1) is 14.8. The Bertz CT molecular complexity index is 666. The van der Waals surface area contributed by atoms with Gasteiger partial charge in [-0.3, -0.25) is 4.79 Å². The van der Waals surface area contributed by atoms with Gasteiger partial charge in [0.05, 0.1) is 17.7 Å². The van der Waals surface area contributed by atoms with E-state index < -0.39 is 0 Å². The molecule has 0 aliphatic carbocycles. The fourth-order valence-corrected chi connectivity index (χ4v) is 2.56. The Morgan fingerprint density at radius 3 is 2.82 bits per heavy atom. The fourth-order valence-electron chi connectivity index (χ4n) is 2.39. The summed E-state index contributed by atoms with van der Waals surface area (Å²) in [4.78, 5) is 18.3. The number of hydrogen-bond donors (Lipinski definition) is 0. The number of carbonyl (C=O) groups is 1. The minimum absolute atomic E-state index is 0.00740. The van der Waals surface area contributed by atoms with E-state index in [4.69, 9.17) is 16.3 Å². The number of ether oxygens (including phenoxy) is 1. The van der Waals surface area contributed by atoms with Crippen molar-refractivity contribution in [3.05, 3.63) is 41.4 Å². The molecule has 0 radical (unpaired) electrons. The summed E-state index contributed by atoms with van der Waals surface area (Å²) in [6, 6.07) is 5.30. The maximum atomic E-state index is 12.6. The minimum Gasteiger partial charge on any atom is -0.490 e. The smallest absolute Gasteiger partial charge is 0.257 e. The Labute approximate surface area is 133 Å². The van der Waals surface area contributed by atoms with E-state index in [1.165, 1.54) is 6.33 Å². The SMILES string of the molecule is CC(C)Oc1ccc(Cl)cc1C(=O)N1CC(n2cncn2)C1. The molecule has 1 saturated heterocycles. The monoisotopic (exact) mass is 320 g/mol. The molecule has 1 amide bonds. The average molecular weight is 321 g/mol. The third-order valence-corrected chi connectivity index (χ3v) is 3.73. The molecule has 0 atom stereocenters. The summed E-state index contributed by atoms with van der Waals surface area (Å²) in [5, 5.41) is 4.62. The molecule has 22 heavy (non-hydrogen) atoms. The van der Waals surface area contributed by atoms with Crippen LogP contribution in [0.4, 0.5) is 0 Å². The molecule has 1 aromatic heterocycles. The first-order valence-electron chi connectivity index (χ1n) is 7.14. The fraction of sp³-hybridized carbons (Fsp3) is 0.400. The second-order valence-electron chi connectivity index (χ2n) is 5.55. The van der Waals surface area contributed by atoms with Crippen LogP contribution in [0.15, 0.2) is 30.9 Å². The van der Waals surface area contributed by atoms with Crippen LogP contribution in [-0.2, 0) is 0 Å². The predicted octanol–water partition coefficient (Wildman–Crippen LogP) is 2.42. The van der Waals surface area contributed by atoms with Gasteiger partial charge in [-0.25, -0.2) is 9.67 Å². The summed E-state index contributed by atoms with van der Waals surface area (Å²) in [6.07, 6.45) is 3.15. The zero-order valence-electron chi connectivity index (χ0n) is 12.4. The summed E-state index contributed by atoms with van der Waals surface area (Å²) < 4.78 is 7.48. The molecule has 0 unspecified atom stereocenters. The van der Waals surface area contributed by atoms with Gasteiger partial charge in [-0.15, -0.1) is 0 Å². The lowest BCUT2D eigenvalue weighted by Gasteiger charge is -2.39. The van der Waals surface area contributed by atoms with E-state index in [2.05, 4.69) is 10.1 Å². The Morgan fingerprint density at radius 2 is 2.18 bits per heavy atom. The zero-order chi connectivity index (χ0) is 15.7. The van der Waals surface area contributed by atoms with Crippen molar-refractivity contribution in [3.8, 4) is 5.75 Å². The molecule has 116 valence electrons. The summed E-state index contributed by atoms with van der Waals surface area (Å²) in [6.45, 7) is 5.06. The van der Waals surface area contributed by atoms with Crippen molar-refractivity contribution >= 4 is 17.5 Å². The Morgan fingerprint density at radius 1 is 1.41 bits per heavy atom. The maximum Gasteiger partial charge on any atom is 0.257 e. The Balaban J connectivity index is 1.74. The van der Waals surface area contributed by atoms with Gasteiger partial charge in [0.2, 0.25) is 0 Å². The van der Waals surface area contributed by atoms with Crippen molar-refractivity contribution in [1.82, 2.24) is 19.7 Å². The lowest BCUT2D eigenvalue weighted by Crippen LogP contribution is -2.51. The van der Waals surface area contributed by atoms with E-state index >= 15 is 0 Å². The van der Waals surface area contributed by atoms with Crippen LogP contribution in [0.3, 0.4) is 0 Å². The molecule has 1 aromatic carbocycles. The number of nitrogens with zero attached hydrogens (tertiary/aromatic N) is 4. The van der Waals surface area contributed by atoms with Crippen LogP contribution < -0.4 is 4.74 Å². The number of amides is 1. The number of benzene rings is 1. The molecule has 1 fully saturated rings. The van der Waals surface area contributed by atoms with Gasteiger partial charge >= 0.3 is 0 Å². The van der Waals surface area contributed by atoms with Crippen molar-refractivity contribution in [2.45, 2.75) is 26.0 Å². The Hall–Kier alpha value is -2.08. The summed E-state index contributed by atoms with van der Waals surface area (Å²) in [7, 11) is 0. The van der Waals surface area contributed by atoms with E-state index in [0.717, 1.165) is 0 Å².